The molecule has 0 fully saturated rings. The first-order valence-corrected chi connectivity index (χ1v) is 8.17. The Morgan fingerprint density at radius 2 is 1.63 bits per heavy atom. The molecule has 0 aromatic heterocycles. The van der Waals surface area contributed by atoms with Crippen molar-refractivity contribution in [2.45, 2.75) is 19.0 Å². The smallest absolute Gasteiger partial charge is 0.422 e. The zero-order valence-electron chi connectivity index (χ0n) is 14.2. The first kappa shape index (κ1) is 18.9. The normalized spacial score (nSPS) is 14.9. The van der Waals surface area contributed by atoms with Gasteiger partial charge < -0.3 is 10.1 Å². The van der Waals surface area contributed by atoms with Gasteiger partial charge in [0.2, 0.25) is 0 Å². The highest BCUT2D eigenvalue weighted by Crippen LogP contribution is 2.37. The molecule has 0 spiro atoms. The van der Waals surface area contributed by atoms with Gasteiger partial charge in [-0.3, -0.25) is 0 Å². The summed E-state index contributed by atoms with van der Waals surface area (Å²) < 4.78 is 70.5. The van der Waals surface area contributed by atoms with E-state index in [1.54, 1.807) is 0 Å². The Morgan fingerprint density at radius 3 is 2.22 bits per heavy atom. The number of hydrogen-bond donors (Lipinski definition) is 1. The Morgan fingerprint density at radius 1 is 1.00 bits per heavy atom. The highest BCUT2D eigenvalue weighted by atomic mass is 19.4. The van der Waals surface area contributed by atoms with Gasteiger partial charge in [-0.2, -0.15) is 13.2 Å². The summed E-state index contributed by atoms with van der Waals surface area (Å²) in [6.45, 7) is 2.18. The number of ether oxygens (including phenoxy) is 1. The molecule has 0 radical (unpaired) electrons. The zero-order chi connectivity index (χ0) is 19.6. The van der Waals surface area contributed by atoms with E-state index in [9.17, 15) is 22.0 Å². The van der Waals surface area contributed by atoms with Crippen LogP contribution in [0.2, 0.25) is 0 Å². The average Bonchev–Trinajstić information content (AvgIpc) is 2.60. The highest BCUT2D eigenvalue weighted by molar-refractivity contribution is 5.92. The molecule has 27 heavy (non-hydrogen) atoms. The summed E-state index contributed by atoms with van der Waals surface area (Å²) in [5.41, 5.74) is 1.96. The number of nitrogens with one attached hydrogen (secondary N) is 1. The molecule has 2 aromatic carbocycles. The van der Waals surface area contributed by atoms with Crippen LogP contribution in [0.15, 0.2) is 54.7 Å². The molecule has 7 heteroatoms. The van der Waals surface area contributed by atoms with Gasteiger partial charge in [0.05, 0.1) is 11.3 Å². The lowest BCUT2D eigenvalue weighted by molar-refractivity contribution is -0.153. The van der Waals surface area contributed by atoms with E-state index in [4.69, 9.17) is 0 Å². The molecule has 0 unspecified atom stereocenters. The summed E-state index contributed by atoms with van der Waals surface area (Å²) in [6, 6.07) is 10.6. The van der Waals surface area contributed by atoms with Crippen molar-refractivity contribution in [3.8, 4) is 5.75 Å². The topological polar surface area (TPSA) is 21.3 Å². The summed E-state index contributed by atoms with van der Waals surface area (Å²) in [4.78, 5) is 0. The molecule has 0 amide bonds. The third kappa shape index (κ3) is 4.48. The third-order valence-electron chi connectivity index (χ3n) is 4.07. The Kier molecular flexibility index (Phi) is 5.21. The van der Waals surface area contributed by atoms with E-state index in [1.807, 2.05) is 30.3 Å². The number of rotatable bonds is 4. The molecule has 1 N–H and O–H groups in total. The van der Waals surface area contributed by atoms with Crippen LogP contribution in [0.3, 0.4) is 0 Å². The SMILES string of the molecule is C=C1CCC(c2ccccc2)=C(c2c(F)cc(OCC(F)(F)F)cc2F)N1. The Balaban J connectivity index is 2.04. The van der Waals surface area contributed by atoms with Gasteiger partial charge in [0.15, 0.2) is 6.61 Å². The zero-order valence-corrected chi connectivity index (χ0v) is 14.2. The van der Waals surface area contributed by atoms with Gasteiger partial charge in [0, 0.05) is 17.8 Å². The fourth-order valence-corrected chi connectivity index (χ4v) is 2.89. The summed E-state index contributed by atoms with van der Waals surface area (Å²) in [7, 11) is 0. The minimum atomic E-state index is -4.60. The molecule has 142 valence electrons. The van der Waals surface area contributed by atoms with E-state index in [-0.39, 0.29) is 11.3 Å². The molecular weight excluding hydrogens is 365 g/mol. The van der Waals surface area contributed by atoms with E-state index >= 15 is 0 Å². The summed E-state index contributed by atoms with van der Waals surface area (Å²) in [6.07, 6.45) is -3.47. The van der Waals surface area contributed by atoms with Crippen LogP contribution in [0, 0.1) is 11.6 Å². The molecule has 0 atom stereocenters. The maximum absolute atomic E-state index is 14.6. The Hall–Kier alpha value is -2.83. The average molecular weight is 381 g/mol. The second-order valence-electron chi connectivity index (χ2n) is 6.11. The van der Waals surface area contributed by atoms with Crippen molar-refractivity contribution in [1.82, 2.24) is 5.32 Å². The number of alkyl halides is 3. The monoisotopic (exact) mass is 381 g/mol. The van der Waals surface area contributed by atoms with Crippen molar-refractivity contribution in [1.29, 1.82) is 0 Å². The van der Waals surface area contributed by atoms with Crippen molar-refractivity contribution >= 4 is 11.3 Å². The van der Waals surface area contributed by atoms with Gasteiger partial charge in [-0.25, -0.2) is 8.78 Å². The van der Waals surface area contributed by atoms with Crippen molar-refractivity contribution in [3.05, 3.63) is 77.5 Å². The third-order valence-corrected chi connectivity index (χ3v) is 4.07. The first-order valence-electron chi connectivity index (χ1n) is 8.17. The fourth-order valence-electron chi connectivity index (χ4n) is 2.89. The van der Waals surface area contributed by atoms with E-state index in [0.717, 1.165) is 17.7 Å². The first-order chi connectivity index (χ1) is 12.7. The molecule has 0 saturated heterocycles. The molecule has 1 aliphatic heterocycles. The van der Waals surface area contributed by atoms with E-state index in [2.05, 4.69) is 16.6 Å². The Bertz CT molecular complexity index is 864. The lowest BCUT2D eigenvalue weighted by Gasteiger charge is -2.25. The van der Waals surface area contributed by atoms with Crippen LogP contribution in [0.25, 0.3) is 11.3 Å². The largest absolute Gasteiger partial charge is 0.484 e. The van der Waals surface area contributed by atoms with Crippen molar-refractivity contribution < 1.29 is 26.7 Å². The molecule has 1 aliphatic rings. The van der Waals surface area contributed by atoms with Crippen LogP contribution >= 0.6 is 0 Å². The van der Waals surface area contributed by atoms with Gasteiger partial charge in [-0.05, 0) is 24.0 Å². The molecular formula is C20H16F5NO. The predicted octanol–water partition coefficient (Wildman–Crippen LogP) is 5.67. The minimum Gasteiger partial charge on any atom is -0.484 e. The molecule has 0 saturated carbocycles. The summed E-state index contributed by atoms with van der Waals surface area (Å²) >= 11 is 0. The van der Waals surface area contributed by atoms with Crippen molar-refractivity contribution in [2.75, 3.05) is 6.61 Å². The number of benzene rings is 2. The number of hydrogen-bond acceptors (Lipinski definition) is 2. The number of halogens is 5. The minimum absolute atomic E-state index is 0.217. The van der Waals surface area contributed by atoms with Crippen LogP contribution in [-0.2, 0) is 0 Å². The van der Waals surface area contributed by atoms with Gasteiger partial charge in [-0.15, -0.1) is 0 Å². The van der Waals surface area contributed by atoms with Crippen molar-refractivity contribution in [3.63, 3.8) is 0 Å². The van der Waals surface area contributed by atoms with Crippen LogP contribution < -0.4 is 10.1 Å². The van der Waals surface area contributed by atoms with E-state index in [0.29, 0.717) is 24.1 Å². The maximum Gasteiger partial charge on any atom is 0.422 e. The van der Waals surface area contributed by atoms with Gasteiger partial charge in [0.1, 0.15) is 17.4 Å². The van der Waals surface area contributed by atoms with Crippen LogP contribution in [0.5, 0.6) is 5.75 Å². The lowest BCUT2D eigenvalue weighted by atomic mass is 9.91. The Labute approximate surface area is 153 Å². The quantitative estimate of drug-likeness (QED) is 0.689. The summed E-state index contributed by atoms with van der Waals surface area (Å²) in [5, 5.41) is 2.92. The fraction of sp³-hybridized carbons (Fsp3) is 0.200. The molecule has 2 nitrogen and oxygen atoms in total. The van der Waals surface area contributed by atoms with Crippen LogP contribution in [0.4, 0.5) is 22.0 Å². The van der Waals surface area contributed by atoms with E-state index < -0.39 is 30.2 Å². The molecule has 2 aromatic rings. The highest BCUT2D eigenvalue weighted by Gasteiger charge is 2.29. The van der Waals surface area contributed by atoms with Crippen molar-refractivity contribution in [2.24, 2.45) is 0 Å². The molecule has 0 bridgehead atoms. The number of allylic oxidation sites excluding steroid dienone is 2. The standard InChI is InChI=1S/C20H16F5NO/c1-12-7-8-15(13-5-3-2-4-6-13)19(26-12)18-16(21)9-14(10-17(18)22)27-11-20(23,24)25/h2-6,9-10,26H,1,7-8,11H2. The molecule has 3 rings (SSSR count). The van der Waals surface area contributed by atoms with Gasteiger partial charge in [0.25, 0.3) is 0 Å². The second kappa shape index (κ2) is 7.42. The predicted molar refractivity (Wildman–Crippen MR) is 92.7 cm³/mol. The van der Waals surface area contributed by atoms with Gasteiger partial charge in [-0.1, -0.05) is 36.9 Å². The van der Waals surface area contributed by atoms with Gasteiger partial charge >= 0.3 is 6.18 Å². The second-order valence-corrected chi connectivity index (χ2v) is 6.11. The molecule has 0 aliphatic carbocycles. The van der Waals surface area contributed by atoms with Crippen LogP contribution in [-0.4, -0.2) is 12.8 Å². The van der Waals surface area contributed by atoms with E-state index in [1.165, 1.54) is 0 Å². The summed E-state index contributed by atoms with van der Waals surface area (Å²) in [5.74, 6) is -2.56. The maximum atomic E-state index is 14.6. The van der Waals surface area contributed by atoms with Crippen LogP contribution in [0.1, 0.15) is 24.0 Å². The lowest BCUT2D eigenvalue weighted by Crippen LogP contribution is -2.21. The molecule has 1 heterocycles.